The average molecular weight is 262 g/mol. The van der Waals surface area contributed by atoms with Gasteiger partial charge in [0.15, 0.2) is 5.82 Å². The van der Waals surface area contributed by atoms with Gasteiger partial charge < -0.3 is 4.74 Å². The van der Waals surface area contributed by atoms with Crippen molar-refractivity contribution in [2.75, 3.05) is 6.61 Å². The molecule has 0 atom stereocenters. The summed E-state index contributed by atoms with van der Waals surface area (Å²) >= 11 is 0. The maximum absolute atomic E-state index is 5.44. The van der Waals surface area contributed by atoms with Crippen molar-refractivity contribution in [1.29, 1.82) is 0 Å². The zero-order valence-corrected chi connectivity index (χ0v) is 9.76. The van der Waals surface area contributed by atoms with Crippen LogP contribution in [0.4, 0.5) is 0 Å². The van der Waals surface area contributed by atoms with Crippen LogP contribution in [0, 0.1) is 0 Å². The minimum Gasteiger partial charge on any atom is -0.375 e. The van der Waals surface area contributed by atoms with Gasteiger partial charge in [-0.25, -0.2) is 5.10 Å². The van der Waals surface area contributed by atoms with Gasteiger partial charge in [0.1, 0.15) is 12.0 Å². The zero-order valence-electron chi connectivity index (χ0n) is 9.76. The number of rotatable bonds is 6. The Balaban J connectivity index is 1.48. The molecule has 11 heteroatoms. The van der Waals surface area contributed by atoms with E-state index in [0.717, 1.165) is 0 Å². The maximum Gasteiger partial charge on any atom is 0.247 e. The van der Waals surface area contributed by atoms with Gasteiger partial charge in [0.05, 0.1) is 19.4 Å². The number of nitrogens with one attached hydrogen (secondary N) is 2. The summed E-state index contributed by atoms with van der Waals surface area (Å²) in [5, 5.41) is 27.8. The molecule has 0 aliphatic carbocycles. The number of H-pyrrole nitrogens is 2. The van der Waals surface area contributed by atoms with E-state index in [-0.39, 0.29) is 0 Å². The number of ether oxygens (including phenoxy) is 1. The molecule has 11 nitrogen and oxygen atoms in total. The standard InChI is InChI=1S/C8H10N10O/c1(7-12-15-16-13-7)2-19-4-6-3-18(17-11-6)8-9-5-10-14-8/h3,5H,1-2,4H2,(H,9,10,14)(H,12,13,15,16). The highest BCUT2D eigenvalue weighted by molar-refractivity contribution is 5.06. The summed E-state index contributed by atoms with van der Waals surface area (Å²) < 4.78 is 6.93. The van der Waals surface area contributed by atoms with Crippen LogP contribution in [0.2, 0.25) is 0 Å². The highest BCUT2D eigenvalue weighted by Gasteiger charge is 2.05. The van der Waals surface area contributed by atoms with Crippen LogP contribution in [0.15, 0.2) is 12.5 Å². The quantitative estimate of drug-likeness (QED) is 0.521. The molecule has 0 spiro atoms. The van der Waals surface area contributed by atoms with Crippen molar-refractivity contribution in [2.24, 2.45) is 0 Å². The molecule has 0 aliphatic rings. The first-order chi connectivity index (χ1) is 9.42. The Morgan fingerprint density at radius 1 is 1.32 bits per heavy atom. The molecule has 3 aromatic heterocycles. The molecule has 98 valence electrons. The van der Waals surface area contributed by atoms with Crippen molar-refractivity contribution in [1.82, 2.24) is 50.8 Å². The number of nitrogens with zero attached hydrogens (tertiary/aromatic N) is 8. The van der Waals surface area contributed by atoms with E-state index in [2.05, 4.69) is 46.1 Å². The average Bonchev–Trinajstić information content (AvgIpc) is 3.15. The summed E-state index contributed by atoms with van der Waals surface area (Å²) in [6, 6.07) is 0. The van der Waals surface area contributed by atoms with E-state index >= 15 is 0 Å². The third kappa shape index (κ3) is 2.77. The first-order valence-electron chi connectivity index (χ1n) is 5.49. The summed E-state index contributed by atoms with van der Waals surface area (Å²) in [5.41, 5.74) is 0.699. The lowest BCUT2D eigenvalue weighted by Gasteiger charge is -1.98. The smallest absolute Gasteiger partial charge is 0.247 e. The topological polar surface area (TPSA) is 136 Å². The third-order valence-electron chi connectivity index (χ3n) is 2.27. The normalized spacial score (nSPS) is 10.9. The molecule has 0 aliphatic heterocycles. The second-order valence-electron chi connectivity index (χ2n) is 3.59. The molecule has 0 unspecified atom stereocenters. The second-order valence-corrected chi connectivity index (χ2v) is 3.59. The van der Waals surface area contributed by atoms with E-state index in [1.807, 2.05) is 0 Å². The molecule has 0 saturated carbocycles. The van der Waals surface area contributed by atoms with Crippen molar-refractivity contribution in [3.63, 3.8) is 0 Å². The van der Waals surface area contributed by atoms with Crippen LogP contribution in [0.3, 0.4) is 0 Å². The number of hydrogen-bond donors (Lipinski definition) is 2. The van der Waals surface area contributed by atoms with Crippen molar-refractivity contribution >= 4 is 0 Å². The van der Waals surface area contributed by atoms with E-state index in [1.54, 1.807) is 6.20 Å². The minimum absolute atomic E-state index is 0.353. The van der Waals surface area contributed by atoms with Gasteiger partial charge in [-0.1, -0.05) is 10.4 Å². The van der Waals surface area contributed by atoms with Gasteiger partial charge in [-0.2, -0.15) is 20.0 Å². The van der Waals surface area contributed by atoms with Crippen LogP contribution in [0.1, 0.15) is 11.5 Å². The number of aromatic nitrogens is 10. The molecular formula is C8H10N10O. The van der Waals surface area contributed by atoms with Gasteiger partial charge in [0, 0.05) is 6.42 Å². The molecule has 0 amide bonds. The number of hydrogen-bond acceptors (Lipinski definition) is 8. The molecule has 0 aromatic carbocycles. The van der Waals surface area contributed by atoms with Crippen LogP contribution >= 0.6 is 0 Å². The van der Waals surface area contributed by atoms with E-state index in [9.17, 15) is 0 Å². The Morgan fingerprint density at radius 3 is 3.11 bits per heavy atom. The molecule has 0 saturated heterocycles. The molecular weight excluding hydrogens is 252 g/mol. The van der Waals surface area contributed by atoms with Crippen LogP contribution in [-0.4, -0.2) is 57.4 Å². The third-order valence-corrected chi connectivity index (χ3v) is 2.27. The van der Waals surface area contributed by atoms with Crippen LogP contribution in [0.25, 0.3) is 5.95 Å². The lowest BCUT2D eigenvalue weighted by atomic mass is 10.4. The van der Waals surface area contributed by atoms with Gasteiger partial charge in [-0.3, -0.25) is 0 Å². The Labute approximate surface area is 106 Å². The minimum atomic E-state index is 0.353. The largest absolute Gasteiger partial charge is 0.375 e. The Bertz CT molecular complexity index is 599. The van der Waals surface area contributed by atoms with Crippen molar-refractivity contribution in [3.05, 3.63) is 24.0 Å². The molecule has 0 fully saturated rings. The summed E-state index contributed by atoms with van der Waals surface area (Å²) in [5.74, 6) is 1.12. The van der Waals surface area contributed by atoms with Crippen molar-refractivity contribution in [3.8, 4) is 5.95 Å². The van der Waals surface area contributed by atoms with Crippen molar-refractivity contribution < 1.29 is 4.74 Å². The van der Waals surface area contributed by atoms with Crippen LogP contribution < -0.4 is 0 Å². The lowest BCUT2D eigenvalue weighted by molar-refractivity contribution is 0.120. The van der Waals surface area contributed by atoms with Gasteiger partial charge in [0.25, 0.3) is 0 Å². The van der Waals surface area contributed by atoms with E-state index in [0.29, 0.717) is 37.1 Å². The molecule has 0 bridgehead atoms. The first-order valence-corrected chi connectivity index (χ1v) is 5.49. The predicted molar refractivity (Wildman–Crippen MR) is 58.8 cm³/mol. The lowest BCUT2D eigenvalue weighted by Crippen LogP contribution is -2.01. The van der Waals surface area contributed by atoms with Crippen LogP contribution in [0.5, 0.6) is 0 Å². The highest BCUT2D eigenvalue weighted by atomic mass is 16.5. The summed E-state index contributed by atoms with van der Waals surface area (Å²) in [6.45, 7) is 0.834. The predicted octanol–water partition coefficient (Wildman–Crippen LogP) is -1.34. The Kier molecular flexibility index (Phi) is 3.18. The van der Waals surface area contributed by atoms with Gasteiger partial charge in [-0.15, -0.1) is 15.3 Å². The van der Waals surface area contributed by atoms with Gasteiger partial charge in [-0.05, 0) is 0 Å². The SMILES string of the molecule is c1n[nH]c(-n2cc(COCCc3nn[nH]n3)nn2)n1. The van der Waals surface area contributed by atoms with E-state index in [1.165, 1.54) is 11.0 Å². The molecule has 2 N–H and O–H groups in total. The number of aromatic amines is 2. The fourth-order valence-electron chi connectivity index (χ4n) is 1.41. The Hall–Kier alpha value is -2.69. The molecule has 3 aromatic rings. The fourth-order valence-corrected chi connectivity index (χ4v) is 1.41. The number of tetrazole rings is 1. The van der Waals surface area contributed by atoms with Gasteiger partial charge in [0.2, 0.25) is 5.95 Å². The van der Waals surface area contributed by atoms with Gasteiger partial charge >= 0.3 is 0 Å². The monoisotopic (exact) mass is 262 g/mol. The second kappa shape index (κ2) is 5.30. The highest BCUT2D eigenvalue weighted by Crippen LogP contribution is 2.00. The zero-order chi connectivity index (χ0) is 12.9. The van der Waals surface area contributed by atoms with Crippen molar-refractivity contribution in [2.45, 2.75) is 13.0 Å². The van der Waals surface area contributed by atoms with E-state index < -0.39 is 0 Å². The van der Waals surface area contributed by atoms with E-state index in [4.69, 9.17) is 4.74 Å². The van der Waals surface area contributed by atoms with Crippen LogP contribution in [-0.2, 0) is 17.8 Å². The maximum atomic E-state index is 5.44. The fraction of sp³-hybridized carbons (Fsp3) is 0.375. The molecule has 3 rings (SSSR count). The summed E-state index contributed by atoms with van der Waals surface area (Å²) in [4.78, 5) is 3.96. The molecule has 0 radical (unpaired) electrons. The summed E-state index contributed by atoms with van der Waals surface area (Å²) in [6.07, 6.45) is 3.71. The first kappa shape index (κ1) is 11.4. The summed E-state index contributed by atoms with van der Waals surface area (Å²) in [7, 11) is 0. The molecule has 3 heterocycles. The Morgan fingerprint density at radius 2 is 2.32 bits per heavy atom. The molecule has 19 heavy (non-hydrogen) atoms.